The molecule has 0 bridgehead atoms. The molecule has 34 heavy (non-hydrogen) atoms. The van der Waals surface area contributed by atoms with Crippen molar-refractivity contribution in [3.63, 3.8) is 0 Å². The van der Waals surface area contributed by atoms with Crippen LogP contribution >= 0.6 is 0 Å². The van der Waals surface area contributed by atoms with Gasteiger partial charge in [-0.15, -0.1) is 0 Å². The first kappa shape index (κ1) is 24.4. The van der Waals surface area contributed by atoms with Gasteiger partial charge in [0.15, 0.2) is 5.82 Å². The third kappa shape index (κ3) is 6.65. The molecule has 1 aliphatic carbocycles. The van der Waals surface area contributed by atoms with Crippen molar-refractivity contribution in [2.45, 2.75) is 83.1 Å². The highest BCUT2D eigenvalue weighted by Crippen LogP contribution is 2.34. The van der Waals surface area contributed by atoms with Gasteiger partial charge < -0.3 is 20.1 Å². The van der Waals surface area contributed by atoms with Crippen LogP contribution in [0.1, 0.15) is 82.0 Å². The molecule has 1 saturated carbocycles. The average molecular weight is 468 g/mol. The van der Waals surface area contributed by atoms with Gasteiger partial charge in [0.1, 0.15) is 5.54 Å². The molecular formula is C26H37N5O3. The Morgan fingerprint density at radius 1 is 1.00 bits per heavy atom. The minimum absolute atomic E-state index is 0.0874. The lowest BCUT2D eigenvalue weighted by Gasteiger charge is -2.30. The number of aryl methyl sites for hydroxylation is 1. The number of carbonyl (C=O) groups excluding carboxylic acids is 2. The fourth-order valence-corrected chi connectivity index (χ4v) is 5.12. The number of amides is 2. The van der Waals surface area contributed by atoms with Crippen molar-refractivity contribution < 1.29 is 14.1 Å². The third-order valence-electron chi connectivity index (χ3n) is 6.99. The molecule has 1 aromatic heterocycles. The summed E-state index contributed by atoms with van der Waals surface area (Å²) in [6.45, 7) is 5.05. The molecule has 4 rings (SSSR count). The van der Waals surface area contributed by atoms with E-state index in [-0.39, 0.29) is 18.2 Å². The lowest BCUT2D eigenvalue weighted by molar-refractivity contribution is -0.121. The maximum Gasteiger partial charge on any atom is 0.227 e. The number of benzene rings is 1. The minimum atomic E-state index is -0.567. The molecule has 2 amide bonds. The minimum Gasteiger partial charge on any atom is -0.343 e. The Morgan fingerprint density at radius 3 is 2.38 bits per heavy atom. The number of hydrogen-bond donors (Lipinski definition) is 2. The zero-order chi connectivity index (χ0) is 23.8. The summed E-state index contributed by atoms with van der Waals surface area (Å²) in [6, 6.07) is 8.10. The maximum atomic E-state index is 12.5. The lowest BCUT2D eigenvalue weighted by Crippen LogP contribution is -2.45. The van der Waals surface area contributed by atoms with Crippen LogP contribution in [0.3, 0.4) is 0 Å². The van der Waals surface area contributed by atoms with Crippen LogP contribution in [0.15, 0.2) is 28.8 Å². The van der Waals surface area contributed by atoms with E-state index in [0.717, 1.165) is 57.2 Å². The molecule has 2 aliphatic rings. The van der Waals surface area contributed by atoms with E-state index < -0.39 is 5.54 Å². The van der Waals surface area contributed by atoms with Crippen molar-refractivity contribution in [1.82, 2.24) is 20.4 Å². The first-order chi connectivity index (χ1) is 16.5. The summed E-state index contributed by atoms with van der Waals surface area (Å²) >= 11 is 0. The zero-order valence-electron chi connectivity index (χ0n) is 20.3. The molecule has 184 valence electrons. The molecule has 0 unspecified atom stereocenters. The zero-order valence-corrected chi connectivity index (χ0v) is 20.3. The average Bonchev–Trinajstić information content (AvgIpc) is 3.47. The van der Waals surface area contributed by atoms with E-state index in [1.807, 2.05) is 12.1 Å². The van der Waals surface area contributed by atoms with Gasteiger partial charge in [-0.25, -0.2) is 0 Å². The molecule has 8 heteroatoms. The second-order valence-electron chi connectivity index (χ2n) is 9.73. The van der Waals surface area contributed by atoms with Gasteiger partial charge in [-0.1, -0.05) is 43.0 Å². The summed E-state index contributed by atoms with van der Waals surface area (Å²) in [7, 11) is 0. The molecule has 1 aliphatic heterocycles. The van der Waals surface area contributed by atoms with Gasteiger partial charge in [0.2, 0.25) is 17.7 Å². The van der Waals surface area contributed by atoms with E-state index in [1.54, 1.807) is 0 Å². The van der Waals surface area contributed by atoms with Crippen molar-refractivity contribution >= 4 is 17.5 Å². The fraction of sp³-hybridized carbons (Fsp3) is 0.615. The van der Waals surface area contributed by atoms with Gasteiger partial charge in [-0.05, 0) is 62.9 Å². The Kier molecular flexibility index (Phi) is 8.32. The summed E-state index contributed by atoms with van der Waals surface area (Å²) in [4.78, 5) is 31.4. The van der Waals surface area contributed by atoms with E-state index in [0.29, 0.717) is 18.1 Å². The first-order valence-electron chi connectivity index (χ1n) is 12.8. The van der Waals surface area contributed by atoms with Gasteiger partial charge in [-0.2, -0.15) is 4.98 Å². The van der Waals surface area contributed by atoms with Crippen molar-refractivity contribution in [3.05, 3.63) is 41.5 Å². The normalized spacial score (nSPS) is 18.4. The van der Waals surface area contributed by atoms with Crippen LogP contribution in [0.2, 0.25) is 0 Å². The van der Waals surface area contributed by atoms with Crippen LogP contribution in [0.5, 0.6) is 0 Å². The first-order valence-corrected chi connectivity index (χ1v) is 12.8. The molecule has 2 N–H and O–H groups in total. The molecule has 0 radical (unpaired) electrons. The van der Waals surface area contributed by atoms with Crippen molar-refractivity contribution in [3.8, 4) is 0 Å². The van der Waals surface area contributed by atoms with Gasteiger partial charge in [0, 0.05) is 32.0 Å². The molecule has 0 spiro atoms. The van der Waals surface area contributed by atoms with Crippen LogP contribution in [0.25, 0.3) is 0 Å². The van der Waals surface area contributed by atoms with Crippen molar-refractivity contribution in [1.29, 1.82) is 0 Å². The van der Waals surface area contributed by atoms with Crippen LogP contribution in [-0.2, 0) is 28.0 Å². The highest BCUT2D eigenvalue weighted by atomic mass is 16.5. The molecule has 8 nitrogen and oxygen atoms in total. The number of anilines is 1. The number of hydrogen-bond acceptors (Lipinski definition) is 6. The summed E-state index contributed by atoms with van der Waals surface area (Å²) in [6.07, 6.45) is 10.2. The van der Waals surface area contributed by atoms with Gasteiger partial charge in [0.25, 0.3) is 0 Å². The van der Waals surface area contributed by atoms with Crippen LogP contribution in [-0.4, -0.2) is 46.5 Å². The summed E-state index contributed by atoms with van der Waals surface area (Å²) in [5, 5.41) is 10.2. The summed E-state index contributed by atoms with van der Waals surface area (Å²) in [5.74, 6) is 0.784. The number of rotatable bonds is 9. The van der Waals surface area contributed by atoms with Crippen molar-refractivity contribution in [2.75, 3.05) is 25.0 Å². The lowest BCUT2D eigenvalue weighted by atomic mass is 9.89. The molecule has 2 fully saturated rings. The Hall–Kier alpha value is -2.74. The predicted octanol–water partition coefficient (Wildman–Crippen LogP) is 3.96. The fourth-order valence-electron chi connectivity index (χ4n) is 5.12. The molecule has 0 atom stereocenters. The second kappa shape index (κ2) is 11.6. The number of carbonyl (C=O) groups is 2. The Labute approximate surface area is 201 Å². The number of nitrogens with one attached hydrogen (secondary N) is 2. The topological polar surface area (TPSA) is 100 Å². The highest BCUT2D eigenvalue weighted by molar-refractivity contribution is 5.90. The standard InChI is InChI=1S/C26H37N5O3/c1-20(32)29-26(15-4-2-3-5-16-26)25-28-24(34-30-25)13-12-23(33)27-22-10-8-21(9-11-22)14-19-31-17-6-7-18-31/h8-11H,2-7,12-19H2,1H3,(H,27,33)(H,29,32). The number of likely N-dealkylation sites (tertiary alicyclic amines) is 1. The SMILES string of the molecule is CC(=O)NC1(c2noc(CCC(=O)Nc3ccc(CCN4CCCC4)cc3)n2)CCCCCC1. The Bertz CT molecular complexity index is 942. The van der Waals surface area contributed by atoms with E-state index in [9.17, 15) is 9.59 Å². The quantitative estimate of drug-likeness (QED) is 0.542. The van der Waals surface area contributed by atoms with E-state index in [4.69, 9.17) is 4.52 Å². The second-order valence-corrected chi connectivity index (χ2v) is 9.73. The van der Waals surface area contributed by atoms with Crippen molar-refractivity contribution in [2.24, 2.45) is 0 Å². The smallest absolute Gasteiger partial charge is 0.227 e. The monoisotopic (exact) mass is 467 g/mol. The van der Waals surface area contributed by atoms with E-state index >= 15 is 0 Å². The molecule has 2 aromatic rings. The molecule has 1 aromatic carbocycles. The Balaban J connectivity index is 1.27. The molecule has 2 heterocycles. The predicted molar refractivity (Wildman–Crippen MR) is 130 cm³/mol. The highest BCUT2D eigenvalue weighted by Gasteiger charge is 2.38. The summed E-state index contributed by atoms with van der Waals surface area (Å²) in [5.41, 5.74) is 1.52. The van der Waals surface area contributed by atoms with E-state index in [2.05, 4.69) is 37.8 Å². The maximum absolute atomic E-state index is 12.5. The van der Waals surface area contributed by atoms with Crippen LogP contribution in [0.4, 0.5) is 5.69 Å². The molecular weight excluding hydrogens is 430 g/mol. The van der Waals surface area contributed by atoms with E-state index in [1.165, 1.54) is 38.4 Å². The number of aromatic nitrogens is 2. The number of nitrogens with zero attached hydrogens (tertiary/aromatic N) is 3. The summed E-state index contributed by atoms with van der Waals surface area (Å²) < 4.78 is 5.45. The third-order valence-corrected chi connectivity index (χ3v) is 6.99. The Morgan fingerprint density at radius 2 is 1.71 bits per heavy atom. The largest absolute Gasteiger partial charge is 0.343 e. The van der Waals surface area contributed by atoms with Gasteiger partial charge in [0.05, 0.1) is 0 Å². The molecule has 1 saturated heterocycles. The van der Waals surface area contributed by atoms with Crippen LogP contribution < -0.4 is 10.6 Å². The van der Waals surface area contributed by atoms with Crippen LogP contribution in [0, 0.1) is 0 Å². The van der Waals surface area contributed by atoms with Gasteiger partial charge >= 0.3 is 0 Å². The van der Waals surface area contributed by atoms with Gasteiger partial charge in [-0.3, -0.25) is 9.59 Å².